The van der Waals surface area contributed by atoms with Crippen LogP contribution in [0.2, 0.25) is 0 Å². The fraction of sp³-hybridized carbons (Fsp3) is 0.250. The Morgan fingerprint density at radius 1 is 1.15 bits per heavy atom. The number of carbonyl (C=O) groups excluding carboxylic acids is 1. The van der Waals surface area contributed by atoms with E-state index in [2.05, 4.69) is 35.3 Å². The molecule has 0 bridgehead atoms. The number of carbonyl (C=O) groups is 1. The van der Waals surface area contributed by atoms with Crippen LogP contribution in [-0.2, 0) is 0 Å². The monoisotopic (exact) mass is 349 g/mol. The Kier molecular flexibility index (Phi) is 4.75. The average Bonchev–Trinajstić information content (AvgIpc) is 3.00. The van der Waals surface area contributed by atoms with E-state index < -0.39 is 0 Å². The highest BCUT2D eigenvalue weighted by atomic mass is 16.2. The fourth-order valence-corrected chi connectivity index (χ4v) is 2.84. The molecule has 3 aromatic rings. The van der Waals surface area contributed by atoms with Crippen LogP contribution in [0.3, 0.4) is 0 Å². The van der Waals surface area contributed by atoms with Gasteiger partial charge < -0.3 is 11.1 Å². The lowest BCUT2D eigenvalue weighted by molar-refractivity contribution is 0.101. The van der Waals surface area contributed by atoms with Gasteiger partial charge in [0.15, 0.2) is 0 Å². The van der Waals surface area contributed by atoms with E-state index in [1.54, 1.807) is 16.8 Å². The molecule has 1 aromatic heterocycles. The number of nitrogens with one attached hydrogen (secondary N) is 1. The second-order valence-electron chi connectivity index (χ2n) is 6.64. The smallest absolute Gasteiger partial charge is 0.295 e. The molecule has 6 nitrogen and oxygen atoms in total. The number of nitrogen functional groups attached to an aromatic ring is 1. The van der Waals surface area contributed by atoms with E-state index in [0.29, 0.717) is 23.1 Å². The zero-order valence-electron chi connectivity index (χ0n) is 15.4. The number of aromatic nitrogens is 3. The molecule has 0 atom stereocenters. The molecule has 3 N–H and O–H groups in total. The molecule has 6 heteroatoms. The van der Waals surface area contributed by atoms with Gasteiger partial charge in [-0.3, -0.25) is 4.79 Å². The summed E-state index contributed by atoms with van der Waals surface area (Å²) in [5, 5.41) is 7.27. The van der Waals surface area contributed by atoms with Crippen LogP contribution in [0, 0.1) is 13.8 Å². The van der Waals surface area contributed by atoms with Gasteiger partial charge in [0.25, 0.3) is 5.91 Å². The van der Waals surface area contributed by atoms with E-state index in [0.717, 1.165) is 16.8 Å². The Morgan fingerprint density at radius 3 is 2.62 bits per heavy atom. The Morgan fingerprint density at radius 2 is 1.88 bits per heavy atom. The van der Waals surface area contributed by atoms with E-state index in [1.807, 2.05) is 38.1 Å². The predicted octanol–water partition coefficient (Wildman–Crippen LogP) is 3.84. The molecule has 26 heavy (non-hydrogen) atoms. The van der Waals surface area contributed by atoms with Gasteiger partial charge in [-0.15, -0.1) is 5.10 Å². The van der Waals surface area contributed by atoms with Gasteiger partial charge in [0.2, 0.25) is 5.82 Å². The molecule has 0 fully saturated rings. The molecular formula is C20H23N5O. The first kappa shape index (κ1) is 17.7. The lowest BCUT2D eigenvalue weighted by Crippen LogP contribution is -2.15. The van der Waals surface area contributed by atoms with Crippen molar-refractivity contribution in [2.45, 2.75) is 33.6 Å². The summed E-state index contributed by atoms with van der Waals surface area (Å²) in [6.07, 6.45) is 0. The van der Waals surface area contributed by atoms with Crippen LogP contribution in [0.5, 0.6) is 0 Å². The summed E-state index contributed by atoms with van der Waals surface area (Å²) in [7, 11) is 0. The molecule has 0 radical (unpaired) electrons. The van der Waals surface area contributed by atoms with Gasteiger partial charge in [-0.25, -0.2) is 9.67 Å². The Labute approximate surface area is 153 Å². The first-order valence-corrected chi connectivity index (χ1v) is 8.57. The van der Waals surface area contributed by atoms with Crippen LogP contribution < -0.4 is 11.1 Å². The van der Waals surface area contributed by atoms with E-state index in [4.69, 9.17) is 5.73 Å². The highest BCUT2D eigenvalue weighted by molar-refractivity contribution is 6.02. The summed E-state index contributed by atoms with van der Waals surface area (Å²) in [5.74, 6) is 0.764. The minimum Gasteiger partial charge on any atom is -0.399 e. The maximum atomic E-state index is 12.6. The van der Waals surface area contributed by atoms with Crippen molar-refractivity contribution in [3.05, 3.63) is 65.2 Å². The predicted molar refractivity (Wildman–Crippen MR) is 104 cm³/mol. The van der Waals surface area contributed by atoms with Gasteiger partial charge >= 0.3 is 0 Å². The fourth-order valence-electron chi connectivity index (χ4n) is 2.84. The SMILES string of the molecule is Cc1ccc(N)cc1NC(=O)c1nc(C)n(-c2ccccc2C(C)C)n1. The number of amides is 1. The van der Waals surface area contributed by atoms with Crippen LogP contribution >= 0.6 is 0 Å². The number of hydrogen-bond donors (Lipinski definition) is 2. The van der Waals surface area contributed by atoms with Crippen LogP contribution in [0.1, 0.15) is 47.3 Å². The van der Waals surface area contributed by atoms with Gasteiger partial charge in [0, 0.05) is 11.4 Å². The van der Waals surface area contributed by atoms with E-state index >= 15 is 0 Å². The molecule has 0 saturated heterocycles. The molecule has 0 unspecified atom stereocenters. The van der Waals surface area contributed by atoms with E-state index in [-0.39, 0.29) is 11.7 Å². The third-order valence-electron chi connectivity index (χ3n) is 4.27. The van der Waals surface area contributed by atoms with Gasteiger partial charge in [-0.05, 0) is 49.1 Å². The number of anilines is 2. The summed E-state index contributed by atoms with van der Waals surface area (Å²) < 4.78 is 1.72. The standard InChI is InChI=1S/C20H23N5O/c1-12(2)16-7-5-6-8-18(16)25-14(4)22-19(24-25)20(26)23-17-11-15(21)10-9-13(17)3/h5-12H,21H2,1-4H3,(H,23,26). The summed E-state index contributed by atoms with van der Waals surface area (Å²) in [4.78, 5) is 16.9. The Hall–Kier alpha value is -3.15. The summed E-state index contributed by atoms with van der Waals surface area (Å²) >= 11 is 0. The van der Waals surface area contributed by atoms with E-state index in [1.165, 1.54) is 0 Å². The summed E-state index contributed by atoms with van der Waals surface area (Å²) in [6, 6.07) is 13.4. The second-order valence-corrected chi connectivity index (χ2v) is 6.64. The van der Waals surface area contributed by atoms with Gasteiger partial charge in [0.1, 0.15) is 5.82 Å². The number of para-hydroxylation sites is 1. The summed E-state index contributed by atoms with van der Waals surface area (Å²) in [5.41, 5.74) is 10.1. The first-order chi connectivity index (χ1) is 12.4. The third-order valence-corrected chi connectivity index (χ3v) is 4.27. The molecule has 2 aromatic carbocycles. The van der Waals surface area contributed by atoms with Crippen molar-refractivity contribution in [2.75, 3.05) is 11.1 Å². The van der Waals surface area contributed by atoms with Gasteiger partial charge in [-0.1, -0.05) is 38.1 Å². The molecule has 0 aliphatic heterocycles. The van der Waals surface area contributed by atoms with Crippen LogP contribution in [0.4, 0.5) is 11.4 Å². The number of hydrogen-bond acceptors (Lipinski definition) is 4. The zero-order chi connectivity index (χ0) is 18.8. The maximum Gasteiger partial charge on any atom is 0.295 e. The van der Waals surface area contributed by atoms with Crippen molar-refractivity contribution in [3.63, 3.8) is 0 Å². The number of nitrogens with two attached hydrogens (primary N) is 1. The highest BCUT2D eigenvalue weighted by Crippen LogP contribution is 2.23. The Bertz CT molecular complexity index is 959. The number of nitrogens with zero attached hydrogens (tertiary/aromatic N) is 3. The second kappa shape index (κ2) is 7.00. The number of rotatable bonds is 4. The Balaban J connectivity index is 1.93. The van der Waals surface area contributed by atoms with Crippen LogP contribution in [-0.4, -0.2) is 20.7 Å². The number of benzene rings is 2. The van der Waals surface area contributed by atoms with E-state index in [9.17, 15) is 4.79 Å². The van der Waals surface area contributed by atoms with Crippen molar-refractivity contribution in [1.29, 1.82) is 0 Å². The van der Waals surface area contributed by atoms with Crippen LogP contribution in [0.25, 0.3) is 5.69 Å². The number of aryl methyl sites for hydroxylation is 2. The lowest BCUT2D eigenvalue weighted by Gasteiger charge is -2.12. The molecule has 134 valence electrons. The van der Waals surface area contributed by atoms with Crippen molar-refractivity contribution in [3.8, 4) is 5.69 Å². The molecular weight excluding hydrogens is 326 g/mol. The molecule has 3 rings (SSSR count). The van der Waals surface area contributed by atoms with Crippen LogP contribution in [0.15, 0.2) is 42.5 Å². The van der Waals surface area contributed by atoms with Gasteiger partial charge in [0.05, 0.1) is 5.69 Å². The quantitative estimate of drug-likeness (QED) is 0.701. The lowest BCUT2D eigenvalue weighted by atomic mass is 10.0. The summed E-state index contributed by atoms with van der Waals surface area (Å²) in [6.45, 7) is 8.00. The normalized spacial score (nSPS) is 11.0. The first-order valence-electron chi connectivity index (χ1n) is 8.57. The third kappa shape index (κ3) is 3.44. The average molecular weight is 349 g/mol. The van der Waals surface area contributed by atoms with Crippen molar-refractivity contribution < 1.29 is 4.79 Å². The molecule has 0 spiro atoms. The molecule has 0 aliphatic rings. The molecule has 0 aliphatic carbocycles. The van der Waals surface area contributed by atoms with Crippen molar-refractivity contribution in [1.82, 2.24) is 14.8 Å². The van der Waals surface area contributed by atoms with Crippen molar-refractivity contribution >= 4 is 17.3 Å². The maximum absolute atomic E-state index is 12.6. The minimum atomic E-state index is -0.359. The molecule has 1 amide bonds. The topological polar surface area (TPSA) is 85.8 Å². The zero-order valence-corrected chi connectivity index (χ0v) is 15.4. The largest absolute Gasteiger partial charge is 0.399 e. The van der Waals surface area contributed by atoms with Crippen molar-refractivity contribution in [2.24, 2.45) is 0 Å². The minimum absolute atomic E-state index is 0.128. The van der Waals surface area contributed by atoms with Gasteiger partial charge in [-0.2, -0.15) is 0 Å². The molecule has 1 heterocycles. The molecule has 0 saturated carbocycles. The highest BCUT2D eigenvalue weighted by Gasteiger charge is 2.18.